The second-order valence-corrected chi connectivity index (χ2v) is 6.66. The van der Waals surface area contributed by atoms with Crippen LogP contribution in [0.3, 0.4) is 0 Å². The molecule has 0 aromatic heterocycles. The first-order valence-electron chi connectivity index (χ1n) is 9.01. The molecular weight excluding hydrogens is 346 g/mol. The van der Waals surface area contributed by atoms with Crippen molar-refractivity contribution in [2.45, 2.75) is 19.4 Å². The van der Waals surface area contributed by atoms with Crippen molar-refractivity contribution in [3.63, 3.8) is 0 Å². The summed E-state index contributed by atoms with van der Waals surface area (Å²) in [5.74, 6) is 0.344. The van der Waals surface area contributed by atoms with Crippen molar-refractivity contribution in [2.24, 2.45) is 0 Å². The monoisotopic (exact) mass is 367 g/mol. The summed E-state index contributed by atoms with van der Waals surface area (Å²) in [6.45, 7) is 3.18. The van der Waals surface area contributed by atoms with E-state index in [9.17, 15) is 9.59 Å². The minimum Gasteiger partial charge on any atom is -0.454 e. The van der Waals surface area contributed by atoms with Crippen LogP contribution in [0.1, 0.15) is 39.1 Å². The molecule has 2 aromatic carbocycles. The van der Waals surface area contributed by atoms with Crippen LogP contribution in [0.25, 0.3) is 0 Å². The van der Waals surface area contributed by atoms with Gasteiger partial charge in [-0.2, -0.15) is 0 Å². The zero-order valence-electron chi connectivity index (χ0n) is 14.9. The molecule has 1 saturated heterocycles. The SMILES string of the molecule is O=C(NNC(=O)c1ccc2c(c1)OCO2)c1cccc(CN2CCCC2)c1. The fourth-order valence-corrected chi connectivity index (χ4v) is 3.31. The molecule has 0 radical (unpaired) electrons. The van der Waals surface area contributed by atoms with Crippen LogP contribution in [0.4, 0.5) is 0 Å². The lowest BCUT2D eigenvalue weighted by molar-refractivity contribution is 0.0846. The second kappa shape index (κ2) is 7.67. The first-order valence-corrected chi connectivity index (χ1v) is 9.01. The highest BCUT2D eigenvalue weighted by Crippen LogP contribution is 2.32. The molecule has 0 saturated carbocycles. The Balaban J connectivity index is 1.35. The summed E-state index contributed by atoms with van der Waals surface area (Å²) in [4.78, 5) is 27.0. The minimum atomic E-state index is -0.421. The van der Waals surface area contributed by atoms with Gasteiger partial charge in [0, 0.05) is 17.7 Å². The van der Waals surface area contributed by atoms with Crippen molar-refractivity contribution in [1.82, 2.24) is 15.8 Å². The maximum Gasteiger partial charge on any atom is 0.269 e. The molecule has 27 heavy (non-hydrogen) atoms. The molecule has 140 valence electrons. The van der Waals surface area contributed by atoms with Crippen LogP contribution in [0, 0.1) is 0 Å². The van der Waals surface area contributed by atoms with Gasteiger partial charge in [-0.3, -0.25) is 25.3 Å². The van der Waals surface area contributed by atoms with Gasteiger partial charge in [0.1, 0.15) is 0 Å². The van der Waals surface area contributed by atoms with Gasteiger partial charge in [0.2, 0.25) is 6.79 Å². The molecule has 2 heterocycles. The van der Waals surface area contributed by atoms with E-state index in [0.29, 0.717) is 22.6 Å². The third-order valence-corrected chi connectivity index (χ3v) is 4.72. The van der Waals surface area contributed by atoms with Crippen LogP contribution in [-0.2, 0) is 6.54 Å². The summed E-state index contributed by atoms with van der Waals surface area (Å²) in [5.41, 5.74) is 6.88. The third kappa shape index (κ3) is 4.03. The smallest absolute Gasteiger partial charge is 0.269 e. The molecule has 0 atom stereocenters. The number of amides is 2. The number of ether oxygens (including phenoxy) is 2. The normalized spacial score (nSPS) is 15.6. The standard InChI is InChI=1S/C20H21N3O4/c24-19(15-5-3-4-14(10-15)12-23-8-1-2-9-23)21-22-20(25)16-6-7-17-18(11-16)27-13-26-17/h3-7,10-11H,1-2,8-9,12-13H2,(H,21,24)(H,22,25). The average molecular weight is 367 g/mol. The highest BCUT2D eigenvalue weighted by Gasteiger charge is 2.17. The number of benzene rings is 2. The summed E-state index contributed by atoms with van der Waals surface area (Å²) in [6.07, 6.45) is 2.46. The molecule has 2 aliphatic rings. The molecular formula is C20H21N3O4. The van der Waals surface area contributed by atoms with E-state index >= 15 is 0 Å². The first kappa shape index (κ1) is 17.4. The van der Waals surface area contributed by atoms with Crippen molar-refractivity contribution in [3.05, 3.63) is 59.2 Å². The highest BCUT2D eigenvalue weighted by molar-refractivity contribution is 5.99. The Hall–Kier alpha value is -3.06. The summed E-state index contributed by atoms with van der Waals surface area (Å²) >= 11 is 0. The number of nitrogens with one attached hydrogen (secondary N) is 2. The van der Waals surface area contributed by atoms with Gasteiger partial charge < -0.3 is 9.47 Å². The number of likely N-dealkylation sites (tertiary alicyclic amines) is 1. The van der Waals surface area contributed by atoms with Gasteiger partial charge in [0.05, 0.1) is 0 Å². The predicted octanol–water partition coefficient (Wildman–Crippen LogP) is 2.09. The van der Waals surface area contributed by atoms with Crippen molar-refractivity contribution in [3.8, 4) is 11.5 Å². The number of fused-ring (bicyclic) bond motifs is 1. The van der Waals surface area contributed by atoms with Crippen molar-refractivity contribution < 1.29 is 19.1 Å². The van der Waals surface area contributed by atoms with Gasteiger partial charge in [-0.15, -0.1) is 0 Å². The van der Waals surface area contributed by atoms with E-state index < -0.39 is 5.91 Å². The van der Waals surface area contributed by atoms with E-state index in [2.05, 4.69) is 15.8 Å². The van der Waals surface area contributed by atoms with Crippen LogP contribution in [-0.4, -0.2) is 36.6 Å². The highest BCUT2D eigenvalue weighted by atomic mass is 16.7. The average Bonchev–Trinajstić information content (AvgIpc) is 3.37. The van der Waals surface area contributed by atoms with E-state index in [-0.39, 0.29) is 12.7 Å². The zero-order valence-corrected chi connectivity index (χ0v) is 14.9. The Morgan fingerprint density at radius 3 is 2.37 bits per heavy atom. The summed E-state index contributed by atoms with van der Waals surface area (Å²) < 4.78 is 10.5. The Kier molecular flexibility index (Phi) is 4.93. The molecule has 0 aliphatic carbocycles. The first-order chi connectivity index (χ1) is 13.2. The van der Waals surface area contributed by atoms with E-state index in [1.165, 1.54) is 12.8 Å². The number of hydrogen-bond acceptors (Lipinski definition) is 5. The Bertz CT molecular complexity index is 862. The maximum atomic E-state index is 12.4. The van der Waals surface area contributed by atoms with Crippen LogP contribution in [0.15, 0.2) is 42.5 Å². The fraction of sp³-hybridized carbons (Fsp3) is 0.300. The molecule has 0 unspecified atom stereocenters. The van der Waals surface area contributed by atoms with Crippen molar-refractivity contribution >= 4 is 11.8 Å². The summed E-state index contributed by atoms with van der Waals surface area (Å²) in [7, 11) is 0. The molecule has 2 aliphatic heterocycles. The van der Waals surface area contributed by atoms with E-state index in [4.69, 9.17) is 9.47 Å². The van der Waals surface area contributed by atoms with Crippen LogP contribution < -0.4 is 20.3 Å². The van der Waals surface area contributed by atoms with Crippen molar-refractivity contribution in [1.29, 1.82) is 0 Å². The number of hydrogen-bond donors (Lipinski definition) is 2. The van der Waals surface area contributed by atoms with Crippen LogP contribution in [0.5, 0.6) is 11.5 Å². The van der Waals surface area contributed by atoms with E-state index in [1.807, 2.05) is 18.2 Å². The number of nitrogens with zero attached hydrogens (tertiary/aromatic N) is 1. The summed E-state index contributed by atoms with van der Waals surface area (Å²) in [6, 6.07) is 12.3. The molecule has 1 fully saturated rings. The lowest BCUT2D eigenvalue weighted by Gasteiger charge is -2.15. The maximum absolute atomic E-state index is 12.4. The van der Waals surface area contributed by atoms with Gasteiger partial charge >= 0.3 is 0 Å². The Labute approximate surface area is 157 Å². The van der Waals surface area contributed by atoms with E-state index in [0.717, 1.165) is 25.2 Å². The quantitative estimate of drug-likeness (QED) is 0.809. The van der Waals surface area contributed by atoms with Gasteiger partial charge in [-0.05, 0) is 61.8 Å². The van der Waals surface area contributed by atoms with Crippen LogP contribution in [0.2, 0.25) is 0 Å². The van der Waals surface area contributed by atoms with Gasteiger partial charge in [-0.1, -0.05) is 12.1 Å². The van der Waals surface area contributed by atoms with Gasteiger partial charge in [-0.25, -0.2) is 0 Å². The number of carbonyl (C=O) groups is 2. The molecule has 0 bridgehead atoms. The molecule has 2 aromatic rings. The topological polar surface area (TPSA) is 79.9 Å². The molecule has 7 heteroatoms. The molecule has 2 N–H and O–H groups in total. The predicted molar refractivity (Wildman–Crippen MR) is 98.5 cm³/mol. The second-order valence-electron chi connectivity index (χ2n) is 6.66. The van der Waals surface area contributed by atoms with Gasteiger partial charge in [0.25, 0.3) is 11.8 Å². The van der Waals surface area contributed by atoms with Crippen molar-refractivity contribution in [2.75, 3.05) is 19.9 Å². The molecule has 4 rings (SSSR count). The zero-order chi connectivity index (χ0) is 18.6. The van der Waals surface area contributed by atoms with E-state index in [1.54, 1.807) is 24.3 Å². The lowest BCUT2D eigenvalue weighted by Crippen LogP contribution is -2.41. The molecule has 2 amide bonds. The number of rotatable bonds is 4. The minimum absolute atomic E-state index is 0.144. The summed E-state index contributed by atoms with van der Waals surface area (Å²) in [5, 5.41) is 0. The molecule has 0 spiro atoms. The third-order valence-electron chi connectivity index (χ3n) is 4.72. The van der Waals surface area contributed by atoms with Gasteiger partial charge in [0.15, 0.2) is 11.5 Å². The Morgan fingerprint density at radius 1 is 0.889 bits per heavy atom. The van der Waals surface area contributed by atoms with Crippen LogP contribution >= 0.6 is 0 Å². The fourth-order valence-electron chi connectivity index (χ4n) is 3.31. The molecule has 7 nitrogen and oxygen atoms in total. The number of carbonyl (C=O) groups excluding carboxylic acids is 2. The number of hydrazine groups is 1. The lowest BCUT2D eigenvalue weighted by atomic mass is 10.1. The Morgan fingerprint density at radius 2 is 1.59 bits per heavy atom. The largest absolute Gasteiger partial charge is 0.454 e.